The van der Waals surface area contributed by atoms with Crippen LogP contribution in [-0.4, -0.2) is 40.0 Å². The van der Waals surface area contributed by atoms with Crippen LogP contribution in [0.5, 0.6) is 0 Å². The number of aryl methyl sites for hydroxylation is 1. The molecule has 2 rings (SSSR count). The van der Waals surface area contributed by atoms with Crippen LogP contribution in [0, 0.1) is 0 Å². The highest BCUT2D eigenvalue weighted by atomic mass is 35.5. The molecule has 0 radical (unpaired) electrons. The van der Waals surface area contributed by atoms with E-state index in [0.717, 1.165) is 31.9 Å². The number of rotatable bonds is 3. The Kier molecular flexibility index (Phi) is 5.62. The number of halogens is 1. The zero-order valence-electron chi connectivity index (χ0n) is 10.9. The Labute approximate surface area is 114 Å². The molecule has 0 aromatic carbocycles. The van der Waals surface area contributed by atoms with Crippen LogP contribution in [-0.2, 0) is 11.8 Å². The van der Waals surface area contributed by atoms with E-state index in [4.69, 9.17) is 0 Å². The number of nitrogens with zero attached hydrogens (tertiary/aromatic N) is 3. The third-order valence-corrected chi connectivity index (χ3v) is 3.18. The van der Waals surface area contributed by atoms with Crippen LogP contribution in [0.2, 0.25) is 0 Å². The molecule has 1 amide bonds. The van der Waals surface area contributed by atoms with E-state index >= 15 is 0 Å². The summed E-state index contributed by atoms with van der Waals surface area (Å²) in [6.07, 6.45) is 5.23. The average Bonchev–Trinajstić information content (AvgIpc) is 2.76. The molecule has 0 aliphatic carbocycles. The van der Waals surface area contributed by atoms with Crippen molar-refractivity contribution in [3.8, 4) is 0 Å². The SMILES string of the molecule is CCCC(=O)N1CCNCC1c1nccn1C.Cl. The number of hydrogen-bond donors (Lipinski definition) is 1. The van der Waals surface area contributed by atoms with Gasteiger partial charge in [-0.05, 0) is 6.42 Å². The Bertz CT molecular complexity index is 393. The Hall–Kier alpha value is -1.07. The number of hydrogen-bond acceptors (Lipinski definition) is 3. The van der Waals surface area contributed by atoms with Crippen molar-refractivity contribution >= 4 is 18.3 Å². The van der Waals surface area contributed by atoms with Crippen molar-refractivity contribution in [1.29, 1.82) is 0 Å². The second-order valence-corrected chi connectivity index (χ2v) is 4.45. The molecular weight excluding hydrogens is 252 g/mol. The van der Waals surface area contributed by atoms with E-state index in [1.165, 1.54) is 0 Å². The van der Waals surface area contributed by atoms with Crippen LogP contribution in [0.4, 0.5) is 0 Å². The van der Waals surface area contributed by atoms with Crippen LogP contribution in [0.25, 0.3) is 0 Å². The molecule has 1 saturated heterocycles. The Balaban J connectivity index is 0.00000162. The van der Waals surface area contributed by atoms with Gasteiger partial charge in [-0.3, -0.25) is 4.79 Å². The molecule has 5 nitrogen and oxygen atoms in total. The number of amides is 1. The van der Waals surface area contributed by atoms with Gasteiger partial charge in [0.1, 0.15) is 11.9 Å². The molecule has 1 aromatic rings. The van der Waals surface area contributed by atoms with Crippen LogP contribution in [0.15, 0.2) is 12.4 Å². The molecule has 0 bridgehead atoms. The molecule has 18 heavy (non-hydrogen) atoms. The fourth-order valence-electron chi connectivity index (χ4n) is 2.29. The summed E-state index contributed by atoms with van der Waals surface area (Å²) in [7, 11) is 1.97. The molecule has 6 heteroatoms. The summed E-state index contributed by atoms with van der Waals surface area (Å²) < 4.78 is 1.99. The molecule has 1 atom stereocenters. The predicted octanol–water partition coefficient (Wildman–Crippen LogP) is 1.11. The molecule has 1 fully saturated rings. The van der Waals surface area contributed by atoms with Gasteiger partial charge in [-0.25, -0.2) is 4.98 Å². The fraction of sp³-hybridized carbons (Fsp3) is 0.667. The lowest BCUT2D eigenvalue weighted by Crippen LogP contribution is -2.49. The summed E-state index contributed by atoms with van der Waals surface area (Å²) in [6.45, 7) is 4.48. The van der Waals surface area contributed by atoms with Crippen molar-refractivity contribution in [3.63, 3.8) is 0 Å². The third-order valence-electron chi connectivity index (χ3n) is 3.18. The molecule has 2 heterocycles. The van der Waals surface area contributed by atoms with Crippen LogP contribution in [0.3, 0.4) is 0 Å². The van der Waals surface area contributed by atoms with Gasteiger partial charge in [-0.15, -0.1) is 12.4 Å². The second-order valence-electron chi connectivity index (χ2n) is 4.45. The zero-order chi connectivity index (χ0) is 12.3. The van der Waals surface area contributed by atoms with E-state index in [2.05, 4.69) is 10.3 Å². The number of imidazole rings is 1. The molecular formula is C12H21ClN4O. The minimum absolute atomic E-state index is 0. The highest BCUT2D eigenvalue weighted by Crippen LogP contribution is 2.21. The van der Waals surface area contributed by atoms with E-state index in [1.54, 1.807) is 6.20 Å². The van der Waals surface area contributed by atoms with Crippen molar-refractivity contribution in [3.05, 3.63) is 18.2 Å². The smallest absolute Gasteiger partial charge is 0.223 e. The molecule has 102 valence electrons. The zero-order valence-corrected chi connectivity index (χ0v) is 11.7. The van der Waals surface area contributed by atoms with E-state index < -0.39 is 0 Å². The van der Waals surface area contributed by atoms with E-state index in [-0.39, 0.29) is 24.4 Å². The van der Waals surface area contributed by atoms with Gasteiger partial charge in [0.15, 0.2) is 0 Å². The first-order chi connectivity index (χ1) is 8.24. The second kappa shape index (κ2) is 6.75. The first kappa shape index (κ1) is 15.0. The molecule has 0 spiro atoms. The first-order valence-corrected chi connectivity index (χ1v) is 6.21. The third kappa shape index (κ3) is 3.03. The number of carbonyl (C=O) groups is 1. The minimum atomic E-state index is 0. The standard InChI is InChI=1S/C12H20N4O.ClH/c1-3-4-11(17)16-8-5-13-9-10(16)12-14-6-7-15(12)2;/h6-7,10,13H,3-5,8-9H2,1-2H3;1H. The van der Waals surface area contributed by atoms with Crippen LogP contribution < -0.4 is 5.32 Å². The van der Waals surface area contributed by atoms with Crippen LogP contribution in [0.1, 0.15) is 31.6 Å². The van der Waals surface area contributed by atoms with Crippen molar-refractivity contribution < 1.29 is 4.79 Å². The van der Waals surface area contributed by atoms with Crippen LogP contribution >= 0.6 is 12.4 Å². The summed E-state index contributed by atoms with van der Waals surface area (Å²) in [4.78, 5) is 18.4. The van der Waals surface area contributed by atoms with Crippen molar-refractivity contribution in [2.24, 2.45) is 7.05 Å². The molecule has 1 aliphatic heterocycles. The Morgan fingerprint density at radius 3 is 3.00 bits per heavy atom. The summed E-state index contributed by atoms with van der Waals surface area (Å²) >= 11 is 0. The predicted molar refractivity (Wildman–Crippen MR) is 72.7 cm³/mol. The van der Waals surface area contributed by atoms with Gasteiger partial charge in [0.2, 0.25) is 5.91 Å². The summed E-state index contributed by atoms with van der Waals surface area (Å²) in [6, 6.07) is 0.0720. The molecule has 0 saturated carbocycles. The van der Waals surface area contributed by atoms with Gasteiger partial charge >= 0.3 is 0 Å². The molecule has 1 unspecified atom stereocenters. The van der Waals surface area contributed by atoms with Crippen molar-refractivity contribution in [2.45, 2.75) is 25.8 Å². The largest absolute Gasteiger partial charge is 0.336 e. The monoisotopic (exact) mass is 272 g/mol. The van der Waals surface area contributed by atoms with E-state index in [9.17, 15) is 4.79 Å². The number of aromatic nitrogens is 2. The fourth-order valence-corrected chi connectivity index (χ4v) is 2.29. The average molecular weight is 273 g/mol. The van der Waals surface area contributed by atoms with Gasteiger partial charge in [-0.1, -0.05) is 6.92 Å². The van der Waals surface area contributed by atoms with E-state index in [0.29, 0.717) is 6.42 Å². The maximum absolute atomic E-state index is 12.1. The Morgan fingerprint density at radius 1 is 1.61 bits per heavy atom. The maximum atomic E-state index is 12.1. The normalized spacial score (nSPS) is 19.4. The molecule has 1 N–H and O–H groups in total. The van der Waals surface area contributed by atoms with Gasteiger partial charge < -0.3 is 14.8 Å². The highest BCUT2D eigenvalue weighted by Gasteiger charge is 2.29. The van der Waals surface area contributed by atoms with Gasteiger partial charge in [-0.2, -0.15) is 0 Å². The first-order valence-electron chi connectivity index (χ1n) is 6.21. The topological polar surface area (TPSA) is 50.2 Å². The van der Waals surface area contributed by atoms with E-state index in [1.807, 2.05) is 29.6 Å². The Morgan fingerprint density at radius 2 is 2.39 bits per heavy atom. The van der Waals surface area contributed by atoms with Gasteiger partial charge in [0.05, 0.1) is 0 Å². The lowest BCUT2D eigenvalue weighted by Gasteiger charge is -2.35. The molecule has 1 aliphatic rings. The quantitative estimate of drug-likeness (QED) is 0.897. The summed E-state index contributed by atoms with van der Waals surface area (Å²) in [5.41, 5.74) is 0. The maximum Gasteiger partial charge on any atom is 0.223 e. The summed E-state index contributed by atoms with van der Waals surface area (Å²) in [5, 5.41) is 3.33. The van der Waals surface area contributed by atoms with Gasteiger partial charge in [0.25, 0.3) is 0 Å². The molecule has 1 aromatic heterocycles. The van der Waals surface area contributed by atoms with Crippen molar-refractivity contribution in [1.82, 2.24) is 19.8 Å². The highest BCUT2D eigenvalue weighted by molar-refractivity contribution is 5.85. The lowest BCUT2D eigenvalue weighted by atomic mass is 10.1. The van der Waals surface area contributed by atoms with Gasteiger partial charge in [0, 0.05) is 45.5 Å². The number of carbonyl (C=O) groups excluding carboxylic acids is 1. The number of piperazine rings is 1. The minimum Gasteiger partial charge on any atom is -0.336 e. The summed E-state index contributed by atoms with van der Waals surface area (Å²) in [5.74, 6) is 1.20. The lowest BCUT2D eigenvalue weighted by molar-refractivity contribution is -0.134. The van der Waals surface area contributed by atoms with Crippen molar-refractivity contribution in [2.75, 3.05) is 19.6 Å². The number of nitrogens with one attached hydrogen (secondary N) is 1.